The topological polar surface area (TPSA) is 99.6 Å². The van der Waals surface area contributed by atoms with Gasteiger partial charge in [-0.15, -0.1) is 13.2 Å². The molecular weight excluding hydrogens is 626 g/mol. The summed E-state index contributed by atoms with van der Waals surface area (Å²) in [5, 5.41) is 10.6. The van der Waals surface area contributed by atoms with Crippen molar-refractivity contribution in [2.75, 3.05) is 37.7 Å². The molecule has 3 amide bonds. The summed E-state index contributed by atoms with van der Waals surface area (Å²) in [5.41, 5.74) is -0.556. The molecule has 1 aromatic rings. The SMILES string of the molecule is C=CCN(CCCC)C(=O)C1N([C@@H](CO)[C@@H](C)CC)C(=O)[C@@H]2[C@H](C(=O)N(CC=C)c3ccc(OCC)cc3)[C@H]3OC12CC3Br. The molecule has 9 nitrogen and oxygen atoms in total. The van der Waals surface area contributed by atoms with Crippen LogP contribution in [0.4, 0.5) is 5.69 Å². The van der Waals surface area contributed by atoms with Gasteiger partial charge in [0.2, 0.25) is 17.7 Å². The lowest BCUT2D eigenvalue weighted by atomic mass is 9.70. The molecule has 242 valence electrons. The lowest BCUT2D eigenvalue weighted by Crippen LogP contribution is -2.60. The maximum atomic E-state index is 14.7. The summed E-state index contributed by atoms with van der Waals surface area (Å²) in [7, 11) is 0. The Balaban J connectivity index is 1.81. The molecule has 0 aliphatic carbocycles. The largest absolute Gasteiger partial charge is 0.494 e. The minimum absolute atomic E-state index is 0.0785. The summed E-state index contributed by atoms with van der Waals surface area (Å²) >= 11 is 3.78. The zero-order valence-corrected chi connectivity index (χ0v) is 28.1. The number of anilines is 1. The number of carbonyl (C=O) groups is 3. The number of likely N-dealkylation sites (tertiary alicyclic amines) is 1. The van der Waals surface area contributed by atoms with Crippen LogP contribution in [-0.4, -0.2) is 94.1 Å². The number of hydrogen-bond acceptors (Lipinski definition) is 6. The summed E-state index contributed by atoms with van der Waals surface area (Å²) in [6, 6.07) is 5.71. The van der Waals surface area contributed by atoms with Crippen molar-refractivity contribution in [3.63, 3.8) is 0 Å². The minimum atomic E-state index is -1.21. The number of benzene rings is 1. The fourth-order valence-electron chi connectivity index (χ4n) is 7.29. The van der Waals surface area contributed by atoms with Gasteiger partial charge in [-0.1, -0.05) is 61.7 Å². The van der Waals surface area contributed by atoms with Crippen LogP contribution in [0.3, 0.4) is 0 Å². The molecule has 1 spiro atoms. The van der Waals surface area contributed by atoms with Gasteiger partial charge in [0.25, 0.3) is 0 Å². The number of ether oxygens (including phenoxy) is 2. The van der Waals surface area contributed by atoms with E-state index in [1.54, 1.807) is 26.9 Å². The highest BCUT2D eigenvalue weighted by molar-refractivity contribution is 9.09. The van der Waals surface area contributed by atoms with E-state index in [1.165, 1.54) is 0 Å². The Bertz CT molecular complexity index is 1210. The fourth-order valence-corrected chi connectivity index (χ4v) is 8.23. The van der Waals surface area contributed by atoms with E-state index in [2.05, 4.69) is 36.0 Å². The van der Waals surface area contributed by atoms with Crippen LogP contribution >= 0.6 is 15.9 Å². The molecule has 1 N–H and O–H groups in total. The third-order valence-corrected chi connectivity index (χ3v) is 10.4. The molecule has 3 unspecified atom stereocenters. The van der Waals surface area contributed by atoms with Gasteiger partial charge in [0, 0.05) is 30.1 Å². The number of unbranched alkanes of at least 4 members (excludes halogenated alkanes) is 1. The van der Waals surface area contributed by atoms with E-state index in [4.69, 9.17) is 9.47 Å². The number of halogens is 1. The van der Waals surface area contributed by atoms with Gasteiger partial charge in [-0.2, -0.15) is 0 Å². The van der Waals surface area contributed by atoms with E-state index in [0.717, 1.165) is 12.8 Å². The molecular formula is C34H48BrN3O6. The van der Waals surface area contributed by atoms with E-state index in [9.17, 15) is 19.5 Å². The Morgan fingerprint density at radius 2 is 1.86 bits per heavy atom. The normalized spacial score (nSPS) is 28.4. The molecule has 0 aromatic heterocycles. The average Bonchev–Trinajstić information content (AvgIpc) is 3.61. The zero-order valence-electron chi connectivity index (χ0n) is 26.5. The number of hydrogen-bond donors (Lipinski definition) is 1. The van der Waals surface area contributed by atoms with E-state index in [-0.39, 0.29) is 41.6 Å². The highest BCUT2D eigenvalue weighted by Crippen LogP contribution is 2.61. The van der Waals surface area contributed by atoms with Crippen molar-refractivity contribution in [3.8, 4) is 5.75 Å². The van der Waals surface area contributed by atoms with Gasteiger partial charge in [0.1, 0.15) is 17.4 Å². The second kappa shape index (κ2) is 14.6. The van der Waals surface area contributed by atoms with Crippen molar-refractivity contribution in [1.82, 2.24) is 9.80 Å². The number of rotatable bonds is 16. The van der Waals surface area contributed by atoms with Gasteiger partial charge in [0.15, 0.2) is 0 Å². The third-order valence-electron chi connectivity index (χ3n) is 9.57. The van der Waals surface area contributed by atoms with E-state index >= 15 is 0 Å². The van der Waals surface area contributed by atoms with Crippen molar-refractivity contribution in [2.45, 2.75) is 82.0 Å². The van der Waals surface area contributed by atoms with Gasteiger partial charge in [-0.25, -0.2) is 0 Å². The average molecular weight is 675 g/mol. The first-order valence-corrected chi connectivity index (χ1v) is 16.9. The molecule has 3 saturated heterocycles. The van der Waals surface area contributed by atoms with Crippen molar-refractivity contribution in [1.29, 1.82) is 0 Å². The Hall–Kier alpha value is -2.69. The van der Waals surface area contributed by atoms with Crippen LogP contribution in [-0.2, 0) is 19.1 Å². The Morgan fingerprint density at radius 3 is 2.43 bits per heavy atom. The number of carbonyl (C=O) groups excluding carboxylic acids is 3. The van der Waals surface area contributed by atoms with E-state index in [0.29, 0.717) is 44.0 Å². The van der Waals surface area contributed by atoms with Gasteiger partial charge < -0.3 is 29.3 Å². The highest BCUT2D eigenvalue weighted by Gasteiger charge is 2.77. The van der Waals surface area contributed by atoms with Crippen molar-refractivity contribution in [3.05, 3.63) is 49.6 Å². The first-order valence-electron chi connectivity index (χ1n) is 15.9. The molecule has 44 heavy (non-hydrogen) atoms. The van der Waals surface area contributed by atoms with Gasteiger partial charge in [0.05, 0.1) is 37.2 Å². The van der Waals surface area contributed by atoms with Crippen LogP contribution in [0.15, 0.2) is 49.6 Å². The van der Waals surface area contributed by atoms with Gasteiger partial charge >= 0.3 is 0 Å². The molecule has 3 aliphatic heterocycles. The van der Waals surface area contributed by atoms with Crippen LogP contribution < -0.4 is 9.64 Å². The summed E-state index contributed by atoms with van der Waals surface area (Å²) in [5.74, 6) is -1.86. The summed E-state index contributed by atoms with van der Waals surface area (Å²) in [4.78, 5) is 48.5. The molecule has 4 rings (SSSR count). The van der Waals surface area contributed by atoms with Crippen LogP contribution in [0.2, 0.25) is 0 Å². The maximum Gasteiger partial charge on any atom is 0.248 e. The lowest BCUT2D eigenvalue weighted by molar-refractivity contribution is -0.152. The number of nitrogens with zero attached hydrogens (tertiary/aromatic N) is 3. The number of aliphatic hydroxyl groups excluding tert-OH is 1. The summed E-state index contributed by atoms with van der Waals surface area (Å²) < 4.78 is 12.4. The highest BCUT2D eigenvalue weighted by atomic mass is 79.9. The monoisotopic (exact) mass is 673 g/mol. The first kappa shape index (κ1) is 34.2. The lowest BCUT2D eigenvalue weighted by Gasteiger charge is -2.41. The summed E-state index contributed by atoms with van der Waals surface area (Å²) in [6.45, 7) is 17.0. The van der Waals surface area contributed by atoms with Gasteiger partial charge in [-0.05, 0) is 49.9 Å². The van der Waals surface area contributed by atoms with Crippen LogP contribution in [0.5, 0.6) is 5.75 Å². The van der Waals surface area contributed by atoms with Crippen molar-refractivity contribution < 1.29 is 29.0 Å². The third kappa shape index (κ3) is 5.97. The standard InChI is InChI=1S/C34H48BrN3O6/c1-7-12-19-36(17-8-2)33(42)30-34-20-25(35)29(44-34)27(28(34)32(41)38(30)26(21-39)22(6)10-4)31(40)37(18-9-3)23-13-15-24(16-14-23)43-11-5/h8-9,13-16,22,25-30,39H,2-3,7,10-12,17-21H2,1,4-6H3/t22-,25?,26-,27-,28-,29-,30?,34?/m0/s1. The number of alkyl halides is 1. The van der Waals surface area contributed by atoms with E-state index < -0.39 is 35.6 Å². The van der Waals surface area contributed by atoms with Crippen LogP contribution in [0.25, 0.3) is 0 Å². The molecule has 3 heterocycles. The predicted molar refractivity (Wildman–Crippen MR) is 175 cm³/mol. The van der Waals surface area contributed by atoms with Crippen molar-refractivity contribution >= 4 is 39.3 Å². The fraction of sp³-hybridized carbons (Fsp3) is 0.618. The maximum absolute atomic E-state index is 14.7. The smallest absolute Gasteiger partial charge is 0.248 e. The molecule has 10 heteroatoms. The molecule has 3 fully saturated rings. The molecule has 0 saturated carbocycles. The first-order chi connectivity index (χ1) is 21.1. The van der Waals surface area contributed by atoms with Crippen LogP contribution in [0.1, 0.15) is 53.4 Å². The minimum Gasteiger partial charge on any atom is -0.494 e. The predicted octanol–water partition coefficient (Wildman–Crippen LogP) is 4.57. The summed E-state index contributed by atoms with van der Waals surface area (Å²) in [6.07, 6.45) is 5.57. The number of fused-ring (bicyclic) bond motifs is 1. The van der Waals surface area contributed by atoms with Crippen molar-refractivity contribution in [2.24, 2.45) is 17.8 Å². The van der Waals surface area contributed by atoms with Gasteiger partial charge in [-0.3, -0.25) is 14.4 Å². The quantitative estimate of drug-likeness (QED) is 0.204. The Labute approximate surface area is 270 Å². The van der Waals surface area contributed by atoms with Crippen LogP contribution in [0, 0.1) is 17.8 Å². The number of aliphatic hydroxyl groups is 1. The Morgan fingerprint density at radius 1 is 1.18 bits per heavy atom. The molecule has 8 atom stereocenters. The second-order valence-corrected chi connectivity index (χ2v) is 13.3. The molecule has 3 aliphatic rings. The molecule has 0 radical (unpaired) electrons. The van der Waals surface area contributed by atoms with E-state index in [1.807, 2.05) is 45.0 Å². The molecule has 1 aromatic carbocycles. The molecule has 2 bridgehead atoms. The zero-order chi connectivity index (χ0) is 32.2. The second-order valence-electron chi connectivity index (χ2n) is 12.1. The number of amides is 3. The Kier molecular flexibility index (Phi) is 11.3.